The number of ether oxygens (including phenoxy) is 3. The molecule has 2 N–H and O–H groups in total. The highest BCUT2D eigenvalue weighted by atomic mass is 16.6. The Balaban J connectivity index is 1.16. The number of rotatable bonds is 8. The lowest BCUT2D eigenvalue weighted by atomic mass is 10.0. The molecule has 2 aliphatic heterocycles. The van der Waals surface area contributed by atoms with Crippen molar-refractivity contribution in [1.29, 1.82) is 0 Å². The average Bonchev–Trinajstić information content (AvgIpc) is 3.18. The molecule has 4 aromatic rings. The second-order valence-corrected chi connectivity index (χ2v) is 10.6. The SMILES string of the molecule is COc1cc(-c2ccc3c(c2)Nc2ccc(C(C)COc4ccc(N5CCOCC5)cc4)cc2NC3=O)ccc1[N+](=O)[O-]. The Morgan fingerprint density at radius 1 is 0.907 bits per heavy atom. The lowest BCUT2D eigenvalue weighted by Gasteiger charge is -2.28. The summed E-state index contributed by atoms with van der Waals surface area (Å²) in [5, 5.41) is 17.7. The number of methoxy groups -OCH3 is 1. The number of nitro groups is 1. The summed E-state index contributed by atoms with van der Waals surface area (Å²) in [6, 6.07) is 24.2. The molecule has 220 valence electrons. The zero-order valence-corrected chi connectivity index (χ0v) is 24.0. The minimum Gasteiger partial charge on any atom is -0.493 e. The second kappa shape index (κ2) is 12.0. The van der Waals surface area contributed by atoms with E-state index in [1.165, 1.54) is 18.9 Å². The van der Waals surface area contributed by atoms with Crippen molar-refractivity contribution in [2.24, 2.45) is 0 Å². The molecule has 1 unspecified atom stereocenters. The maximum Gasteiger partial charge on any atom is 0.310 e. The van der Waals surface area contributed by atoms with Crippen LogP contribution in [0.25, 0.3) is 11.1 Å². The molecule has 0 aromatic heterocycles. The first-order valence-electron chi connectivity index (χ1n) is 14.1. The molecule has 4 aromatic carbocycles. The van der Waals surface area contributed by atoms with Crippen molar-refractivity contribution in [3.8, 4) is 22.6 Å². The molecule has 0 radical (unpaired) electrons. The highest BCUT2D eigenvalue weighted by Gasteiger charge is 2.22. The number of benzene rings is 4. The standard InChI is InChI=1S/C33H32N4O6/c1-21(20-43-26-8-6-25(7-9-26)36-13-15-42-16-14-36)22-4-11-28-30(17-22)35-33(38)27-10-3-23(18-29(27)34-28)24-5-12-31(37(39)40)32(19-24)41-2/h3-12,17-19,21,34H,13-16,20H2,1-2H3,(H,35,38). The molecule has 0 spiro atoms. The third-order valence-corrected chi connectivity index (χ3v) is 7.82. The lowest BCUT2D eigenvalue weighted by Crippen LogP contribution is -2.36. The van der Waals surface area contributed by atoms with E-state index in [2.05, 4.69) is 34.6 Å². The zero-order chi connectivity index (χ0) is 29.9. The van der Waals surface area contributed by atoms with Gasteiger partial charge in [0.1, 0.15) is 5.75 Å². The normalized spacial score (nSPS) is 14.8. The predicted octanol–water partition coefficient (Wildman–Crippen LogP) is 6.60. The molecule has 1 atom stereocenters. The van der Waals surface area contributed by atoms with E-state index in [0.717, 1.165) is 54.4 Å². The molecule has 1 fully saturated rings. The fourth-order valence-corrected chi connectivity index (χ4v) is 5.34. The maximum atomic E-state index is 13.2. The summed E-state index contributed by atoms with van der Waals surface area (Å²) < 4.78 is 16.8. The topological polar surface area (TPSA) is 115 Å². The van der Waals surface area contributed by atoms with Crippen molar-refractivity contribution in [1.82, 2.24) is 0 Å². The van der Waals surface area contributed by atoms with E-state index in [0.29, 0.717) is 23.5 Å². The molecule has 10 heteroatoms. The van der Waals surface area contributed by atoms with Crippen LogP contribution >= 0.6 is 0 Å². The van der Waals surface area contributed by atoms with Crippen LogP contribution in [-0.4, -0.2) is 50.9 Å². The van der Waals surface area contributed by atoms with Crippen LogP contribution < -0.4 is 25.0 Å². The first-order chi connectivity index (χ1) is 20.9. The molecular formula is C33H32N4O6. The van der Waals surface area contributed by atoms with Crippen LogP contribution in [0.3, 0.4) is 0 Å². The summed E-state index contributed by atoms with van der Waals surface area (Å²) in [5.74, 6) is 0.834. The van der Waals surface area contributed by atoms with Gasteiger partial charge in [-0.25, -0.2) is 0 Å². The second-order valence-electron chi connectivity index (χ2n) is 10.6. The van der Waals surface area contributed by atoms with Crippen molar-refractivity contribution in [3.05, 3.63) is 100 Å². The molecule has 0 bridgehead atoms. The number of hydrogen-bond acceptors (Lipinski definition) is 8. The number of anilines is 4. The minimum atomic E-state index is -0.479. The fraction of sp³-hybridized carbons (Fsp3) is 0.242. The van der Waals surface area contributed by atoms with E-state index in [-0.39, 0.29) is 23.3 Å². The van der Waals surface area contributed by atoms with Crippen LogP contribution in [0.15, 0.2) is 78.9 Å². The lowest BCUT2D eigenvalue weighted by molar-refractivity contribution is -0.385. The largest absolute Gasteiger partial charge is 0.493 e. The van der Waals surface area contributed by atoms with Gasteiger partial charge in [0.15, 0.2) is 5.75 Å². The smallest absolute Gasteiger partial charge is 0.310 e. The summed E-state index contributed by atoms with van der Waals surface area (Å²) in [4.78, 5) is 26.3. The van der Waals surface area contributed by atoms with Crippen molar-refractivity contribution < 1.29 is 23.9 Å². The van der Waals surface area contributed by atoms with E-state index in [1.807, 2.05) is 42.5 Å². The van der Waals surface area contributed by atoms with E-state index in [1.54, 1.807) is 18.2 Å². The molecule has 10 nitrogen and oxygen atoms in total. The number of nitrogens with one attached hydrogen (secondary N) is 2. The number of fused-ring (bicyclic) bond motifs is 2. The van der Waals surface area contributed by atoms with Crippen LogP contribution in [0.2, 0.25) is 0 Å². The van der Waals surface area contributed by atoms with Gasteiger partial charge >= 0.3 is 5.69 Å². The first-order valence-corrected chi connectivity index (χ1v) is 14.1. The minimum absolute atomic E-state index is 0.0791. The molecule has 1 amide bonds. The Kier molecular flexibility index (Phi) is 7.84. The number of carbonyl (C=O) groups excluding carboxylic acids is 1. The Morgan fingerprint density at radius 2 is 1.65 bits per heavy atom. The van der Waals surface area contributed by atoms with Crippen LogP contribution in [0.1, 0.15) is 28.8 Å². The summed E-state index contributed by atoms with van der Waals surface area (Å²) in [6.45, 7) is 5.86. The van der Waals surface area contributed by atoms with Gasteiger partial charge in [-0.1, -0.05) is 19.1 Å². The van der Waals surface area contributed by atoms with Gasteiger partial charge in [-0.15, -0.1) is 0 Å². The summed E-state index contributed by atoms with van der Waals surface area (Å²) in [6.07, 6.45) is 0. The van der Waals surface area contributed by atoms with E-state index < -0.39 is 4.92 Å². The van der Waals surface area contributed by atoms with Crippen molar-refractivity contribution in [3.63, 3.8) is 0 Å². The number of amides is 1. The fourth-order valence-electron chi connectivity index (χ4n) is 5.34. The third kappa shape index (κ3) is 5.96. The molecule has 0 saturated carbocycles. The molecule has 1 saturated heterocycles. The molecule has 0 aliphatic carbocycles. The van der Waals surface area contributed by atoms with Gasteiger partial charge in [-0.2, -0.15) is 0 Å². The Morgan fingerprint density at radius 3 is 2.40 bits per heavy atom. The van der Waals surface area contributed by atoms with Gasteiger partial charge in [0, 0.05) is 30.8 Å². The van der Waals surface area contributed by atoms with Crippen LogP contribution in [0.4, 0.5) is 28.4 Å². The number of carbonyl (C=O) groups is 1. The Bertz CT molecular complexity index is 1670. The summed E-state index contributed by atoms with van der Waals surface area (Å²) in [7, 11) is 1.40. The van der Waals surface area contributed by atoms with Gasteiger partial charge in [0.2, 0.25) is 0 Å². The number of hydrogen-bond donors (Lipinski definition) is 2. The maximum absolute atomic E-state index is 13.2. The summed E-state index contributed by atoms with van der Waals surface area (Å²) >= 11 is 0. The monoisotopic (exact) mass is 580 g/mol. The van der Waals surface area contributed by atoms with Crippen LogP contribution in [0.5, 0.6) is 11.5 Å². The predicted molar refractivity (Wildman–Crippen MR) is 166 cm³/mol. The Labute approximate surface area is 249 Å². The highest BCUT2D eigenvalue weighted by Crippen LogP contribution is 2.38. The highest BCUT2D eigenvalue weighted by molar-refractivity contribution is 6.12. The van der Waals surface area contributed by atoms with E-state index in [4.69, 9.17) is 14.2 Å². The van der Waals surface area contributed by atoms with Crippen molar-refractivity contribution >= 4 is 34.3 Å². The van der Waals surface area contributed by atoms with Crippen LogP contribution in [-0.2, 0) is 4.74 Å². The zero-order valence-electron chi connectivity index (χ0n) is 24.0. The number of nitro benzene ring substituents is 1. The van der Waals surface area contributed by atoms with Gasteiger partial charge in [-0.05, 0) is 77.4 Å². The molecule has 2 heterocycles. The number of nitrogens with zero attached hydrogens (tertiary/aromatic N) is 2. The molecule has 43 heavy (non-hydrogen) atoms. The van der Waals surface area contributed by atoms with E-state index in [9.17, 15) is 14.9 Å². The van der Waals surface area contributed by atoms with Crippen LogP contribution in [0, 0.1) is 10.1 Å². The molecule has 6 rings (SSSR count). The quantitative estimate of drug-likeness (QED) is 0.177. The number of morpholine rings is 1. The third-order valence-electron chi connectivity index (χ3n) is 7.82. The van der Waals surface area contributed by atoms with Gasteiger partial charge in [0.25, 0.3) is 5.91 Å². The van der Waals surface area contributed by atoms with Gasteiger partial charge < -0.3 is 29.7 Å². The van der Waals surface area contributed by atoms with Crippen molar-refractivity contribution in [2.45, 2.75) is 12.8 Å². The van der Waals surface area contributed by atoms with Crippen molar-refractivity contribution in [2.75, 3.05) is 55.6 Å². The average molecular weight is 581 g/mol. The molecular weight excluding hydrogens is 548 g/mol. The summed E-state index contributed by atoms with van der Waals surface area (Å²) in [5.41, 5.74) is 6.19. The van der Waals surface area contributed by atoms with Gasteiger partial charge in [0.05, 0.1) is 54.5 Å². The van der Waals surface area contributed by atoms with Gasteiger partial charge in [-0.3, -0.25) is 14.9 Å². The first kappa shape index (κ1) is 28.0. The van der Waals surface area contributed by atoms with E-state index >= 15 is 0 Å². The molecule has 2 aliphatic rings. The Hall–Kier alpha value is -5.09.